The van der Waals surface area contributed by atoms with E-state index in [0.717, 1.165) is 31.6 Å². The monoisotopic (exact) mass is 583 g/mol. The van der Waals surface area contributed by atoms with Gasteiger partial charge >= 0.3 is 18.1 Å². The first-order chi connectivity index (χ1) is 18.9. The van der Waals surface area contributed by atoms with E-state index in [9.17, 15) is 27.9 Å². The van der Waals surface area contributed by atoms with Gasteiger partial charge in [0.05, 0.1) is 11.3 Å². The Labute approximate surface area is 235 Å². The minimum Gasteiger partial charge on any atom is -0.478 e. The molecule has 0 aliphatic carbocycles. The van der Waals surface area contributed by atoms with Gasteiger partial charge in [0.15, 0.2) is 0 Å². The predicted octanol–water partition coefficient (Wildman–Crippen LogP) is 6.02. The molecule has 4 rings (SSSR count). The molecule has 2 heterocycles. The molecule has 0 saturated carbocycles. The van der Waals surface area contributed by atoms with Crippen LogP contribution in [0.5, 0.6) is 0 Å². The van der Waals surface area contributed by atoms with Gasteiger partial charge in [-0.15, -0.1) is 0 Å². The summed E-state index contributed by atoms with van der Waals surface area (Å²) >= 11 is 5.88. The summed E-state index contributed by atoms with van der Waals surface area (Å²) in [6.07, 6.45) is 2.34. The number of hydrogen-bond donors (Lipinski definition) is 3. The minimum absolute atomic E-state index is 0.218. The smallest absolute Gasteiger partial charge is 0.478 e. The van der Waals surface area contributed by atoms with Gasteiger partial charge in [0.2, 0.25) is 0 Å². The molecule has 1 amide bonds. The van der Waals surface area contributed by atoms with E-state index in [2.05, 4.69) is 15.1 Å². The Balaban J connectivity index is 0.000000559. The molecule has 2 saturated heterocycles. The molecule has 2 aromatic carbocycles. The Hall–Kier alpha value is -3.31. The van der Waals surface area contributed by atoms with Gasteiger partial charge in [-0.05, 0) is 100 Å². The number of piperidine rings is 2. The number of amides is 1. The lowest BCUT2D eigenvalue weighted by molar-refractivity contribution is -0.192. The van der Waals surface area contributed by atoms with Gasteiger partial charge < -0.3 is 25.3 Å². The largest absolute Gasteiger partial charge is 0.490 e. The second-order valence-electron chi connectivity index (χ2n) is 9.92. The zero-order chi connectivity index (χ0) is 29.3. The van der Waals surface area contributed by atoms with E-state index >= 15 is 0 Å². The molecule has 3 N–H and O–H groups in total. The third-order valence-electron chi connectivity index (χ3n) is 7.09. The number of likely N-dealkylation sites (tertiary alicyclic amines) is 1. The van der Waals surface area contributed by atoms with Gasteiger partial charge in [0, 0.05) is 29.4 Å². The lowest BCUT2D eigenvalue weighted by Gasteiger charge is -2.35. The van der Waals surface area contributed by atoms with E-state index in [1.165, 1.54) is 45.3 Å². The molecule has 0 aromatic heterocycles. The summed E-state index contributed by atoms with van der Waals surface area (Å²) in [5.41, 5.74) is 1.87. The Morgan fingerprint density at radius 3 is 2.08 bits per heavy atom. The third kappa shape index (κ3) is 9.41. The van der Waals surface area contributed by atoms with E-state index in [1.807, 2.05) is 6.07 Å². The number of carboxylic acid groups (broad SMARTS) is 2. The quantitative estimate of drug-likeness (QED) is 0.366. The molecule has 2 aliphatic heterocycles. The number of nitrogens with zero attached hydrogens (tertiary/aromatic N) is 2. The van der Waals surface area contributed by atoms with E-state index in [4.69, 9.17) is 21.5 Å². The van der Waals surface area contributed by atoms with Gasteiger partial charge in [0.25, 0.3) is 5.91 Å². The minimum atomic E-state index is -5.08. The molecule has 0 atom stereocenters. The number of hydrogen-bond acceptors (Lipinski definition) is 5. The highest BCUT2D eigenvalue weighted by molar-refractivity contribution is 6.30. The van der Waals surface area contributed by atoms with Crippen molar-refractivity contribution in [3.05, 3.63) is 58.6 Å². The number of carbonyl (C=O) groups excluding carboxylic acids is 1. The molecule has 12 heteroatoms. The van der Waals surface area contributed by atoms with Gasteiger partial charge in [-0.1, -0.05) is 18.0 Å². The van der Waals surface area contributed by atoms with Gasteiger partial charge in [-0.2, -0.15) is 13.2 Å². The summed E-state index contributed by atoms with van der Waals surface area (Å²) in [4.78, 5) is 38.1. The van der Waals surface area contributed by atoms with Crippen LogP contribution in [0.2, 0.25) is 5.02 Å². The first-order valence-corrected chi connectivity index (χ1v) is 13.5. The molecule has 40 heavy (non-hydrogen) atoms. The maximum absolute atomic E-state index is 12.5. The van der Waals surface area contributed by atoms with Crippen LogP contribution in [0.4, 0.5) is 24.5 Å². The fourth-order valence-corrected chi connectivity index (χ4v) is 5.00. The normalized spacial score (nSPS) is 16.6. The molecule has 8 nitrogen and oxygen atoms in total. The maximum Gasteiger partial charge on any atom is 0.490 e. The van der Waals surface area contributed by atoms with Crippen LogP contribution in [0.1, 0.15) is 59.2 Å². The van der Waals surface area contributed by atoms with Gasteiger partial charge in [-0.3, -0.25) is 4.79 Å². The van der Waals surface area contributed by atoms with Crippen molar-refractivity contribution < 1.29 is 37.8 Å². The summed E-state index contributed by atoms with van der Waals surface area (Å²) in [6, 6.07) is 11.7. The van der Waals surface area contributed by atoms with Gasteiger partial charge in [0.1, 0.15) is 0 Å². The molecule has 2 fully saturated rings. The molecular formula is C28H33ClF3N3O5. The van der Waals surface area contributed by atoms with Gasteiger partial charge in [-0.25, -0.2) is 9.59 Å². The average Bonchev–Trinajstić information content (AvgIpc) is 2.93. The third-order valence-corrected chi connectivity index (χ3v) is 7.34. The zero-order valence-electron chi connectivity index (χ0n) is 21.9. The van der Waals surface area contributed by atoms with Crippen LogP contribution >= 0.6 is 11.6 Å². The fraction of sp³-hybridized carbons (Fsp3) is 0.464. The van der Waals surface area contributed by atoms with Crippen LogP contribution in [-0.4, -0.2) is 71.9 Å². The van der Waals surface area contributed by atoms with E-state index in [-0.39, 0.29) is 11.5 Å². The average molecular weight is 584 g/mol. The van der Waals surface area contributed by atoms with Crippen molar-refractivity contribution in [1.82, 2.24) is 4.90 Å². The second-order valence-corrected chi connectivity index (χ2v) is 10.4. The number of carbonyl (C=O) groups is 3. The SMILES string of the molecule is O=C(Nc1ccc(N2CCC(CCN3CCCCC3)CC2)c(C(=O)O)c1)c1ccc(Cl)cc1.O=C(O)C(F)(F)F. The number of rotatable bonds is 7. The van der Waals surface area contributed by atoms with Crippen LogP contribution in [0.25, 0.3) is 0 Å². The van der Waals surface area contributed by atoms with Crippen molar-refractivity contribution in [2.24, 2.45) is 5.92 Å². The molecule has 0 unspecified atom stereocenters. The first-order valence-electron chi connectivity index (χ1n) is 13.2. The van der Waals surface area contributed by atoms with Crippen molar-refractivity contribution in [2.45, 2.75) is 44.7 Å². The number of aromatic carboxylic acids is 1. The van der Waals surface area contributed by atoms with Crippen LogP contribution in [0, 0.1) is 5.92 Å². The standard InChI is InChI=1S/C26H32ClN3O3.C2HF3O2/c27-21-6-4-20(5-7-21)25(31)28-22-8-9-24(23(18-22)26(32)33)30-16-11-19(12-17-30)10-15-29-13-2-1-3-14-29;3-2(4,5)1(6)7/h4-9,18-19H,1-3,10-17H2,(H,28,31)(H,32,33);(H,6,7). The molecule has 2 aromatic rings. The van der Waals surface area contributed by atoms with E-state index in [1.54, 1.807) is 36.4 Å². The Bertz CT molecular complexity index is 1160. The van der Waals surface area contributed by atoms with Crippen LogP contribution in [-0.2, 0) is 4.79 Å². The summed E-state index contributed by atoms with van der Waals surface area (Å²) in [5.74, 6) is -3.34. The van der Waals surface area contributed by atoms with Crippen LogP contribution < -0.4 is 10.2 Å². The molecule has 218 valence electrons. The van der Waals surface area contributed by atoms with Crippen molar-refractivity contribution >= 4 is 40.8 Å². The summed E-state index contributed by atoms with van der Waals surface area (Å²) < 4.78 is 31.7. The Kier molecular flexibility index (Phi) is 11.2. The van der Waals surface area contributed by atoms with E-state index < -0.39 is 18.1 Å². The van der Waals surface area contributed by atoms with Crippen LogP contribution in [0.3, 0.4) is 0 Å². The number of nitrogens with one attached hydrogen (secondary N) is 1. The number of carboxylic acids is 2. The number of alkyl halides is 3. The number of halogens is 4. The maximum atomic E-state index is 12.5. The molecule has 0 spiro atoms. The summed E-state index contributed by atoms with van der Waals surface area (Å²) in [7, 11) is 0. The molecule has 0 bridgehead atoms. The Morgan fingerprint density at radius 2 is 1.52 bits per heavy atom. The topological polar surface area (TPSA) is 110 Å². The molecule has 0 radical (unpaired) electrons. The number of aliphatic carboxylic acids is 1. The summed E-state index contributed by atoms with van der Waals surface area (Å²) in [6.45, 7) is 5.39. The highest BCUT2D eigenvalue weighted by Gasteiger charge is 2.38. The molecule has 2 aliphatic rings. The first kappa shape index (κ1) is 31.2. The predicted molar refractivity (Wildman–Crippen MR) is 146 cm³/mol. The van der Waals surface area contributed by atoms with E-state index in [0.29, 0.717) is 22.2 Å². The van der Waals surface area contributed by atoms with Crippen molar-refractivity contribution in [1.29, 1.82) is 0 Å². The lowest BCUT2D eigenvalue weighted by Crippen LogP contribution is -2.37. The zero-order valence-corrected chi connectivity index (χ0v) is 22.7. The fourth-order valence-electron chi connectivity index (χ4n) is 4.88. The van der Waals surface area contributed by atoms with Crippen molar-refractivity contribution in [3.8, 4) is 0 Å². The lowest BCUT2D eigenvalue weighted by atomic mass is 9.92. The highest BCUT2D eigenvalue weighted by atomic mass is 35.5. The Morgan fingerprint density at radius 1 is 0.925 bits per heavy atom. The highest BCUT2D eigenvalue weighted by Crippen LogP contribution is 2.30. The second kappa shape index (κ2) is 14.4. The number of benzene rings is 2. The number of anilines is 2. The van der Waals surface area contributed by atoms with Crippen molar-refractivity contribution in [2.75, 3.05) is 42.9 Å². The van der Waals surface area contributed by atoms with Crippen LogP contribution in [0.15, 0.2) is 42.5 Å². The summed E-state index contributed by atoms with van der Waals surface area (Å²) in [5, 5.41) is 20.3. The molecular weight excluding hydrogens is 551 g/mol. The van der Waals surface area contributed by atoms with Crippen molar-refractivity contribution in [3.63, 3.8) is 0 Å².